The van der Waals surface area contributed by atoms with Gasteiger partial charge in [-0.15, -0.1) is 0 Å². The molecule has 6 heteroatoms. The van der Waals surface area contributed by atoms with Crippen molar-refractivity contribution in [1.29, 1.82) is 0 Å². The molecule has 1 rings (SSSR count). The molecule has 0 saturated heterocycles. The third-order valence-corrected chi connectivity index (χ3v) is 1.97. The van der Waals surface area contributed by atoms with E-state index in [1.54, 1.807) is 18.2 Å². The standard InChI is InChI=1S/C10H12F3NO2/c11-10(12,13)9(15)6-16-8-4-2-1-3-7(8)5-14/h1-4,9,15H,5-6,14H2. The summed E-state index contributed by atoms with van der Waals surface area (Å²) in [5, 5.41) is 8.73. The number of benzene rings is 1. The molecule has 0 bridgehead atoms. The van der Waals surface area contributed by atoms with Crippen LogP contribution in [-0.4, -0.2) is 24.0 Å². The van der Waals surface area contributed by atoms with Gasteiger partial charge in [0.15, 0.2) is 6.10 Å². The molecule has 0 spiro atoms. The fourth-order valence-corrected chi connectivity index (χ4v) is 1.08. The molecule has 0 aliphatic rings. The van der Waals surface area contributed by atoms with Gasteiger partial charge in [0.05, 0.1) is 0 Å². The van der Waals surface area contributed by atoms with Gasteiger partial charge in [-0.2, -0.15) is 13.2 Å². The van der Waals surface area contributed by atoms with Gasteiger partial charge < -0.3 is 15.6 Å². The van der Waals surface area contributed by atoms with Crippen LogP contribution in [0.3, 0.4) is 0 Å². The van der Waals surface area contributed by atoms with E-state index in [2.05, 4.69) is 0 Å². The normalized spacial score (nSPS) is 13.6. The van der Waals surface area contributed by atoms with E-state index in [4.69, 9.17) is 15.6 Å². The zero-order valence-electron chi connectivity index (χ0n) is 8.37. The molecule has 0 aliphatic heterocycles. The van der Waals surface area contributed by atoms with Crippen LogP contribution in [0, 0.1) is 0 Å². The monoisotopic (exact) mass is 235 g/mol. The van der Waals surface area contributed by atoms with Gasteiger partial charge in [-0.05, 0) is 6.07 Å². The number of nitrogens with two attached hydrogens (primary N) is 1. The third kappa shape index (κ3) is 3.39. The first-order valence-electron chi connectivity index (χ1n) is 4.60. The van der Waals surface area contributed by atoms with Gasteiger partial charge in [0.1, 0.15) is 12.4 Å². The Morgan fingerprint density at radius 1 is 1.31 bits per heavy atom. The maximum Gasteiger partial charge on any atom is 0.417 e. The minimum absolute atomic E-state index is 0.165. The van der Waals surface area contributed by atoms with Crippen LogP contribution in [0.4, 0.5) is 13.2 Å². The Labute approximate surface area is 90.6 Å². The summed E-state index contributed by atoms with van der Waals surface area (Å²) in [5.74, 6) is 0.258. The number of ether oxygens (including phenoxy) is 1. The molecule has 1 aromatic rings. The van der Waals surface area contributed by atoms with E-state index in [1.165, 1.54) is 6.07 Å². The molecule has 0 saturated carbocycles. The predicted molar refractivity (Wildman–Crippen MR) is 51.9 cm³/mol. The average Bonchev–Trinajstić information content (AvgIpc) is 2.24. The number of halogens is 3. The van der Waals surface area contributed by atoms with Crippen molar-refractivity contribution in [2.24, 2.45) is 5.73 Å². The molecule has 1 unspecified atom stereocenters. The lowest BCUT2D eigenvalue weighted by Gasteiger charge is -2.16. The van der Waals surface area contributed by atoms with Crippen molar-refractivity contribution >= 4 is 0 Å². The number of hydrogen-bond donors (Lipinski definition) is 2. The number of aliphatic hydroxyl groups excluding tert-OH is 1. The van der Waals surface area contributed by atoms with E-state index >= 15 is 0 Å². The Morgan fingerprint density at radius 3 is 2.50 bits per heavy atom. The van der Waals surface area contributed by atoms with Crippen LogP contribution in [0.15, 0.2) is 24.3 Å². The molecule has 0 aromatic heterocycles. The molecule has 0 amide bonds. The van der Waals surface area contributed by atoms with E-state index < -0.39 is 18.9 Å². The molecular weight excluding hydrogens is 223 g/mol. The smallest absolute Gasteiger partial charge is 0.417 e. The van der Waals surface area contributed by atoms with Crippen molar-refractivity contribution in [2.45, 2.75) is 18.8 Å². The largest absolute Gasteiger partial charge is 0.490 e. The number of hydrogen-bond acceptors (Lipinski definition) is 3. The van der Waals surface area contributed by atoms with Crippen LogP contribution in [-0.2, 0) is 6.54 Å². The van der Waals surface area contributed by atoms with Crippen LogP contribution in [0.5, 0.6) is 5.75 Å². The second kappa shape index (κ2) is 5.18. The Morgan fingerprint density at radius 2 is 1.94 bits per heavy atom. The molecule has 1 atom stereocenters. The van der Waals surface area contributed by atoms with Gasteiger partial charge in [-0.1, -0.05) is 18.2 Å². The fourth-order valence-electron chi connectivity index (χ4n) is 1.08. The number of aliphatic hydroxyl groups is 1. The highest BCUT2D eigenvalue weighted by Gasteiger charge is 2.38. The highest BCUT2D eigenvalue weighted by atomic mass is 19.4. The Balaban J connectivity index is 2.61. The topological polar surface area (TPSA) is 55.5 Å². The van der Waals surface area contributed by atoms with Crippen molar-refractivity contribution in [3.05, 3.63) is 29.8 Å². The van der Waals surface area contributed by atoms with Crippen LogP contribution < -0.4 is 10.5 Å². The lowest BCUT2D eigenvalue weighted by atomic mass is 10.2. The summed E-state index contributed by atoms with van der Waals surface area (Å²) in [4.78, 5) is 0. The van der Waals surface area contributed by atoms with Crippen molar-refractivity contribution in [3.8, 4) is 5.75 Å². The van der Waals surface area contributed by atoms with Gasteiger partial charge in [0.25, 0.3) is 0 Å². The Hall–Kier alpha value is -1.27. The fraction of sp³-hybridized carbons (Fsp3) is 0.400. The van der Waals surface area contributed by atoms with Gasteiger partial charge in [0, 0.05) is 12.1 Å². The van der Waals surface area contributed by atoms with Crippen LogP contribution in [0.25, 0.3) is 0 Å². The summed E-state index contributed by atoms with van der Waals surface area (Å²) in [5.41, 5.74) is 5.97. The number of para-hydroxylation sites is 1. The third-order valence-electron chi connectivity index (χ3n) is 1.97. The second-order valence-electron chi connectivity index (χ2n) is 3.18. The summed E-state index contributed by atoms with van der Waals surface area (Å²) >= 11 is 0. The Kier molecular flexibility index (Phi) is 4.14. The zero-order chi connectivity index (χ0) is 12.2. The number of alkyl halides is 3. The molecule has 1 aromatic carbocycles. The van der Waals surface area contributed by atoms with Crippen LogP contribution >= 0.6 is 0 Å². The lowest BCUT2D eigenvalue weighted by molar-refractivity contribution is -0.210. The molecule has 3 N–H and O–H groups in total. The summed E-state index contributed by atoms with van der Waals surface area (Å²) in [6.45, 7) is -0.668. The summed E-state index contributed by atoms with van der Waals surface area (Å²) in [6.07, 6.45) is -7.16. The van der Waals surface area contributed by atoms with Crippen molar-refractivity contribution < 1.29 is 23.0 Å². The predicted octanol–water partition coefficient (Wildman–Crippen LogP) is 1.45. The average molecular weight is 235 g/mol. The first-order chi connectivity index (χ1) is 7.45. The molecule has 0 radical (unpaired) electrons. The zero-order valence-corrected chi connectivity index (χ0v) is 8.37. The van der Waals surface area contributed by atoms with Gasteiger partial charge in [-0.3, -0.25) is 0 Å². The maximum absolute atomic E-state index is 12.0. The minimum Gasteiger partial charge on any atom is -0.490 e. The van der Waals surface area contributed by atoms with Gasteiger partial charge in [0.2, 0.25) is 0 Å². The highest BCUT2D eigenvalue weighted by molar-refractivity contribution is 5.32. The minimum atomic E-state index is -4.67. The summed E-state index contributed by atoms with van der Waals surface area (Å²) < 4.78 is 40.8. The second-order valence-corrected chi connectivity index (χ2v) is 3.18. The Bertz CT molecular complexity index is 341. The van der Waals surface area contributed by atoms with Crippen molar-refractivity contribution in [1.82, 2.24) is 0 Å². The summed E-state index contributed by atoms with van der Waals surface area (Å²) in [7, 11) is 0. The first kappa shape index (κ1) is 12.8. The van der Waals surface area contributed by atoms with Crippen LogP contribution in [0.1, 0.15) is 5.56 Å². The van der Waals surface area contributed by atoms with Crippen molar-refractivity contribution in [2.75, 3.05) is 6.61 Å². The molecule has 0 heterocycles. The van der Waals surface area contributed by atoms with E-state index in [1.807, 2.05) is 0 Å². The van der Waals surface area contributed by atoms with E-state index in [-0.39, 0.29) is 12.3 Å². The van der Waals surface area contributed by atoms with Gasteiger partial charge >= 0.3 is 6.18 Å². The van der Waals surface area contributed by atoms with Crippen molar-refractivity contribution in [3.63, 3.8) is 0 Å². The molecule has 0 fully saturated rings. The maximum atomic E-state index is 12.0. The van der Waals surface area contributed by atoms with E-state index in [0.29, 0.717) is 5.56 Å². The van der Waals surface area contributed by atoms with E-state index in [0.717, 1.165) is 0 Å². The highest BCUT2D eigenvalue weighted by Crippen LogP contribution is 2.22. The SMILES string of the molecule is NCc1ccccc1OCC(O)C(F)(F)F. The lowest BCUT2D eigenvalue weighted by Crippen LogP contribution is -2.34. The summed E-state index contributed by atoms with van der Waals surface area (Å²) in [6, 6.07) is 6.48. The number of rotatable bonds is 4. The molecule has 0 aliphatic carbocycles. The molecular formula is C10H12F3NO2. The molecule has 3 nitrogen and oxygen atoms in total. The molecule has 16 heavy (non-hydrogen) atoms. The van der Waals surface area contributed by atoms with Crippen LogP contribution in [0.2, 0.25) is 0 Å². The quantitative estimate of drug-likeness (QED) is 0.830. The van der Waals surface area contributed by atoms with Gasteiger partial charge in [-0.25, -0.2) is 0 Å². The molecule has 90 valence electrons. The van der Waals surface area contributed by atoms with E-state index in [9.17, 15) is 13.2 Å². The first-order valence-corrected chi connectivity index (χ1v) is 4.60.